The van der Waals surface area contributed by atoms with Gasteiger partial charge in [0.1, 0.15) is 11.8 Å². The van der Waals surface area contributed by atoms with E-state index in [1.54, 1.807) is 13.2 Å². The molecule has 1 aliphatic heterocycles. The molecular weight excluding hydrogens is 384 g/mol. The maximum Gasteiger partial charge on any atom is 0.324 e. The molecule has 1 aromatic heterocycles. The first kappa shape index (κ1) is 19.5. The molecule has 1 saturated heterocycles. The van der Waals surface area contributed by atoms with Crippen molar-refractivity contribution in [1.82, 2.24) is 15.2 Å². The number of nitrogens with zero attached hydrogens (tertiary/aromatic N) is 1. The molecule has 1 fully saturated rings. The minimum atomic E-state index is -0.857. The van der Waals surface area contributed by atoms with Gasteiger partial charge >= 0.3 is 6.03 Å². The fourth-order valence-corrected chi connectivity index (χ4v) is 3.49. The number of methoxy groups -OCH3 is 1. The molecule has 8 nitrogen and oxygen atoms in total. The van der Waals surface area contributed by atoms with Crippen LogP contribution in [0.25, 0.3) is 10.9 Å². The predicted molar refractivity (Wildman–Crippen MR) is 112 cm³/mol. The van der Waals surface area contributed by atoms with Crippen LogP contribution >= 0.6 is 0 Å². The summed E-state index contributed by atoms with van der Waals surface area (Å²) in [5.74, 6) is 0.0285. The Morgan fingerprint density at radius 1 is 1.13 bits per heavy atom. The van der Waals surface area contributed by atoms with Crippen LogP contribution in [0.3, 0.4) is 0 Å². The van der Waals surface area contributed by atoms with Crippen molar-refractivity contribution in [3.63, 3.8) is 0 Å². The van der Waals surface area contributed by atoms with Gasteiger partial charge < -0.3 is 20.4 Å². The van der Waals surface area contributed by atoms with Crippen LogP contribution in [-0.4, -0.2) is 47.4 Å². The van der Waals surface area contributed by atoms with E-state index in [4.69, 9.17) is 4.74 Å². The topological polar surface area (TPSA) is 104 Å². The van der Waals surface area contributed by atoms with Crippen molar-refractivity contribution in [2.45, 2.75) is 18.9 Å². The maximum atomic E-state index is 12.6. The second-order valence-corrected chi connectivity index (χ2v) is 7.12. The number of fused-ring (bicyclic) bond motifs is 1. The van der Waals surface area contributed by atoms with Crippen molar-refractivity contribution < 1.29 is 19.1 Å². The summed E-state index contributed by atoms with van der Waals surface area (Å²) in [5.41, 5.74) is 2.59. The Balaban J connectivity index is 1.32. The third kappa shape index (κ3) is 4.12. The van der Waals surface area contributed by atoms with Crippen molar-refractivity contribution in [1.29, 1.82) is 0 Å². The first-order chi connectivity index (χ1) is 14.5. The fourth-order valence-electron chi connectivity index (χ4n) is 3.49. The lowest BCUT2D eigenvalue weighted by Gasteiger charge is -2.13. The van der Waals surface area contributed by atoms with Gasteiger partial charge in [-0.1, -0.05) is 12.1 Å². The Morgan fingerprint density at radius 2 is 1.93 bits per heavy atom. The Kier molecular flexibility index (Phi) is 5.38. The van der Waals surface area contributed by atoms with Crippen molar-refractivity contribution in [2.24, 2.45) is 0 Å². The highest BCUT2D eigenvalue weighted by molar-refractivity contribution is 6.07. The summed E-state index contributed by atoms with van der Waals surface area (Å²) < 4.78 is 5.12. The molecule has 1 aliphatic rings. The second-order valence-electron chi connectivity index (χ2n) is 7.12. The van der Waals surface area contributed by atoms with Crippen molar-refractivity contribution in [3.05, 3.63) is 60.3 Å². The van der Waals surface area contributed by atoms with Gasteiger partial charge in [0, 0.05) is 29.3 Å². The van der Waals surface area contributed by atoms with Crippen LogP contribution in [-0.2, 0) is 16.0 Å². The van der Waals surface area contributed by atoms with E-state index in [-0.39, 0.29) is 24.8 Å². The number of aromatic amines is 1. The third-order valence-corrected chi connectivity index (χ3v) is 5.12. The molecule has 30 heavy (non-hydrogen) atoms. The number of aromatic nitrogens is 1. The molecule has 0 saturated carbocycles. The Hall–Kier alpha value is -3.81. The predicted octanol–water partition coefficient (Wildman–Crippen LogP) is 2.67. The van der Waals surface area contributed by atoms with E-state index in [1.807, 2.05) is 48.7 Å². The van der Waals surface area contributed by atoms with Crippen LogP contribution in [0.15, 0.2) is 54.7 Å². The van der Waals surface area contributed by atoms with Gasteiger partial charge in [-0.15, -0.1) is 0 Å². The smallest absolute Gasteiger partial charge is 0.324 e. The highest BCUT2D eigenvalue weighted by Crippen LogP contribution is 2.19. The highest BCUT2D eigenvalue weighted by Gasteiger charge is 2.38. The molecule has 0 spiro atoms. The maximum absolute atomic E-state index is 12.6. The minimum Gasteiger partial charge on any atom is -0.497 e. The number of carbonyl (C=O) groups is 3. The summed E-state index contributed by atoms with van der Waals surface area (Å²) in [7, 11) is 1.59. The molecule has 4 rings (SSSR count). The van der Waals surface area contributed by atoms with Gasteiger partial charge in [-0.2, -0.15) is 0 Å². The second kappa shape index (κ2) is 8.28. The van der Waals surface area contributed by atoms with Crippen LogP contribution in [0.4, 0.5) is 10.5 Å². The molecule has 4 amide bonds. The zero-order valence-corrected chi connectivity index (χ0v) is 16.5. The average Bonchev–Trinajstić information content (AvgIpc) is 3.31. The number of benzene rings is 2. The number of rotatable bonds is 7. The molecule has 3 N–H and O–H groups in total. The summed E-state index contributed by atoms with van der Waals surface area (Å²) >= 11 is 0. The zero-order chi connectivity index (χ0) is 21.1. The largest absolute Gasteiger partial charge is 0.497 e. The highest BCUT2D eigenvalue weighted by atomic mass is 16.5. The Labute approximate surface area is 173 Å². The van der Waals surface area contributed by atoms with Gasteiger partial charge in [0.2, 0.25) is 5.91 Å². The summed E-state index contributed by atoms with van der Waals surface area (Å²) in [6.45, 7) is 0.249. The molecule has 3 aromatic rings. The number of anilines is 1. The lowest BCUT2D eigenvalue weighted by atomic mass is 10.1. The van der Waals surface area contributed by atoms with Gasteiger partial charge in [-0.25, -0.2) is 4.79 Å². The van der Waals surface area contributed by atoms with E-state index in [0.717, 1.165) is 27.1 Å². The molecule has 0 radical (unpaired) electrons. The Morgan fingerprint density at radius 3 is 2.70 bits per heavy atom. The van der Waals surface area contributed by atoms with E-state index in [2.05, 4.69) is 15.6 Å². The molecule has 1 unspecified atom stereocenters. The van der Waals surface area contributed by atoms with E-state index < -0.39 is 12.1 Å². The summed E-state index contributed by atoms with van der Waals surface area (Å²) in [5, 5.41) is 6.36. The number of hydrogen-bond acceptors (Lipinski definition) is 4. The van der Waals surface area contributed by atoms with Gasteiger partial charge in [-0.3, -0.25) is 14.5 Å². The molecule has 1 atom stereocenters. The number of carbonyl (C=O) groups excluding carboxylic acids is 3. The summed E-state index contributed by atoms with van der Waals surface area (Å²) in [4.78, 5) is 41.5. The first-order valence-electron chi connectivity index (χ1n) is 9.65. The van der Waals surface area contributed by atoms with Crippen LogP contribution in [0, 0.1) is 0 Å². The van der Waals surface area contributed by atoms with Crippen LogP contribution in [0.1, 0.15) is 12.0 Å². The summed E-state index contributed by atoms with van der Waals surface area (Å²) in [6.07, 6.45) is 2.23. The SMILES string of the molecule is COc1ccc(CCN2C(=O)NC(CC(=O)Nc3ccc4[nH]ccc4c3)C2=O)cc1. The molecule has 0 bridgehead atoms. The number of urea groups is 1. The van der Waals surface area contributed by atoms with Crippen molar-refractivity contribution >= 4 is 34.4 Å². The van der Waals surface area contributed by atoms with Crippen LogP contribution < -0.4 is 15.4 Å². The van der Waals surface area contributed by atoms with E-state index in [9.17, 15) is 14.4 Å². The van der Waals surface area contributed by atoms with Crippen molar-refractivity contribution in [2.75, 3.05) is 19.0 Å². The molecule has 154 valence electrons. The monoisotopic (exact) mass is 406 g/mol. The third-order valence-electron chi connectivity index (χ3n) is 5.12. The standard InChI is InChI=1S/C22H22N4O4/c1-30-17-5-2-14(3-6-17)9-11-26-21(28)19(25-22(26)29)13-20(27)24-16-4-7-18-15(12-16)8-10-23-18/h2-8,10,12,19,23H,9,11,13H2,1H3,(H,24,27)(H,25,29). The quantitative estimate of drug-likeness (QED) is 0.525. The number of amides is 4. The van der Waals surface area contributed by atoms with E-state index >= 15 is 0 Å². The Bertz CT molecular complexity index is 1090. The zero-order valence-electron chi connectivity index (χ0n) is 16.5. The number of nitrogens with one attached hydrogen (secondary N) is 3. The minimum absolute atomic E-state index is 0.116. The number of H-pyrrole nitrogens is 1. The van der Waals surface area contributed by atoms with Gasteiger partial charge in [0.25, 0.3) is 5.91 Å². The first-order valence-corrected chi connectivity index (χ1v) is 9.65. The fraction of sp³-hybridized carbons (Fsp3) is 0.227. The number of imide groups is 1. The van der Waals surface area contributed by atoms with E-state index in [0.29, 0.717) is 12.1 Å². The molecule has 0 aliphatic carbocycles. The lowest BCUT2D eigenvalue weighted by Crippen LogP contribution is -2.34. The molecule has 2 heterocycles. The van der Waals surface area contributed by atoms with E-state index in [1.165, 1.54) is 0 Å². The number of hydrogen-bond donors (Lipinski definition) is 3. The lowest BCUT2D eigenvalue weighted by molar-refractivity contribution is -0.129. The van der Waals surface area contributed by atoms with Gasteiger partial charge in [0.05, 0.1) is 13.5 Å². The molecule has 8 heteroatoms. The van der Waals surface area contributed by atoms with Gasteiger partial charge in [-0.05, 0) is 48.4 Å². The van der Waals surface area contributed by atoms with Crippen molar-refractivity contribution in [3.8, 4) is 5.75 Å². The van der Waals surface area contributed by atoms with Gasteiger partial charge in [0.15, 0.2) is 0 Å². The summed E-state index contributed by atoms with van der Waals surface area (Å²) in [6, 6.07) is 13.5. The van der Waals surface area contributed by atoms with Crippen LogP contribution in [0.2, 0.25) is 0 Å². The normalized spacial score (nSPS) is 16.0. The number of ether oxygens (including phenoxy) is 1. The molecular formula is C22H22N4O4. The van der Waals surface area contributed by atoms with Crippen LogP contribution in [0.5, 0.6) is 5.75 Å². The average molecular weight is 406 g/mol. The molecule has 2 aromatic carbocycles.